The molecule has 4 heteroatoms. The average molecular weight is 270 g/mol. The van der Waals surface area contributed by atoms with Crippen molar-refractivity contribution in [2.75, 3.05) is 6.61 Å². The van der Waals surface area contributed by atoms with Gasteiger partial charge in [0.25, 0.3) is 0 Å². The lowest BCUT2D eigenvalue weighted by Crippen LogP contribution is -2.11. The van der Waals surface area contributed by atoms with E-state index in [1.54, 1.807) is 18.2 Å². The molecular formula is C16H18N2O2. The van der Waals surface area contributed by atoms with Crippen molar-refractivity contribution in [3.8, 4) is 11.5 Å². The summed E-state index contributed by atoms with van der Waals surface area (Å²) in [5.41, 5.74) is 7.19. The number of benzene rings is 2. The minimum atomic E-state index is 0.0144. The first-order chi connectivity index (χ1) is 9.70. The normalized spacial score (nSPS) is 10.1. The van der Waals surface area contributed by atoms with Gasteiger partial charge in [-0.1, -0.05) is 30.3 Å². The number of hydrogen-bond acceptors (Lipinski definition) is 3. The summed E-state index contributed by atoms with van der Waals surface area (Å²) in [6.07, 6.45) is 0. The summed E-state index contributed by atoms with van der Waals surface area (Å²) in [4.78, 5) is 0. The fraction of sp³-hybridized carbons (Fsp3) is 0.188. The van der Waals surface area contributed by atoms with E-state index >= 15 is 0 Å². The van der Waals surface area contributed by atoms with Gasteiger partial charge in [-0.25, -0.2) is 0 Å². The Balaban J connectivity index is 2.16. The molecule has 2 aromatic carbocycles. The minimum Gasteiger partial charge on any atom is -0.490 e. The zero-order chi connectivity index (χ0) is 14.4. The Labute approximate surface area is 118 Å². The molecule has 2 aromatic rings. The number of nitrogens with two attached hydrogens (primary N) is 1. The van der Waals surface area contributed by atoms with Crippen LogP contribution in [0.25, 0.3) is 0 Å². The maximum Gasteiger partial charge on any atom is 0.161 e. The highest BCUT2D eigenvalue weighted by Crippen LogP contribution is 2.29. The summed E-state index contributed by atoms with van der Waals surface area (Å²) in [5, 5.41) is 7.45. The van der Waals surface area contributed by atoms with Crippen LogP contribution in [0.15, 0.2) is 48.5 Å². The van der Waals surface area contributed by atoms with Crippen LogP contribution in [0.2, 0.25) is 0 Å². The Hall–Kier alpha value is -2.49. The minimum absolute atomic E-state index is 0.0144. The molecule has 0 bridgehead atoms. The van der Waals surface area contributed by atoms with Gasteiger partial charge in [0.2, 0.25) is 0 Å². The summed E-state index contributed by atoms with van der Waals surface area (Å²) >= 11 is 0. The van der Waals surface area contributed by atoms with Gasteiger partial charge < -0.3 is 15.2 Å². The van der Waals surface area contributed by atoms with Gasteiger partial charge in [0.05, 0.1) is 6.61 Å². The van der Waals surface area contributed by atoms with E-state index in [2.05, 4.69) is 0 Å². The second kappa shape index (κ2) is 6.61. The van der Waals surface area contributed by atoms with Crippen LogP contribution in [0.3, 0.4) is 0 Å². The van der Waals surface area contributed by atoms with Crippen molar-refractivity contribution in [1.29, 1.82) is 5.41 Å². The quantitative estimate of drug-likeness (QED) is 0.626. The molecule has 0 atom stereocenters. The van der Waals surface area contributed by atoms with Crippen LogP contribution in [-0.2, 0) is 6.61 Å². The van der Waals surface area contributed by atoms with Crippen molar-refractivity contribution in [2.45, 2.75) is 13.5 Å². The maximum absolute atomic E-state index is 7.45. The van der Waals surface area contributed by atoms with E-state index in [1.165, 1.54) is 0 Å². The molecule has 0 aliphatic rings. The van der Waals surface area contributed by atoms with Crippen molar-refractivity contribution in [3.63, 3.8) is 0 Å². The molecule has 0 saturated carbocycles. The molecule has 0 unspecified atom stereocenters. The molecule has 0 fully saturated rings. The third-order valence-electron chi connectivity index (χ3n) is 2.79. The van der Waals surface area contributed by atoms with Gasteiger partial charge in [-0.05, 0) is 30.7 Å². The Morgan fingerprint density at radius 3 is 2.45 bits per heavy atom. The summed E-state index contributed by atoms with van der Waals surface area (Å²) < 4.78 is 11.3. The van der Waals surface area contributed by atoms with Crippen molar-refractivity contribution < 1.29 is 9.47 Å². The topological polar surface area (TPSA) is 68.3 Å². The lowest BCUT2D eigenvalue weighted by molar-refractivity contribution is 0.269. The third-order valence-corrected chi connectivity index (χ3v) is 2.79. The molecule has 3 N–H and O–H groups in total. The number of nitrogens with one attached hydrogen (secondary N) is 1. The summed E-state index contributed by atoms with van der Waals surface area (Å²) in [6.45, 7) is 2.91. The lowest BCUT2D eigenvalue weighted by Gasteiger charge is -2.13. The monoisotopic (exact) mass is 270 g/mol. The van der Waals surface area contributed by atoms with Crippen LogP contribution < -0.4 is 15.2 Å². The third kappa shape index (κ3) is 3.51. The van der Waals surface area contributed by atoms with E-state index in [-0.39, 0.29) is 5.84 Å². The number of ether oxygens (including phenoxy) is 2. The fourth-order valence-corrected chi connectivity index (χ4v) is 1.80. The van der Waals surface area contributed by atoms with Crippen LogP contribution in [0, 0.1) is 5.41 Å². The van der Waals surface area contributed by atoms with Crippen molar-refractivity contribution in [1.82, 2.24) is 0 Å². The molecule has 0 amide bonds. The molecule has 104 valence electrons. The van der Waals surface area contributed by atoms with Crippen molar-refractivity contribution in [2.24, 2.45) is 5.73 Å². The highest BCUT2D eigenvalue weighted by Gasteiger charge is 2.08. The molecule has 0 aromatic heterocycles. The van der Waals surface area contributed by atoms with E-state index in [0.717, 1.165) is 5.56 Å². The molecule has 4 nitrogen and oxygen atoms in total. The van der Waals surface area contributed by atoms with Crippen LogP contribution in [-0.4, -0.2) is 12.4 Å². The van der Waals surface area contributed by atoms with Gasteiger partial charge in [0.15, 0.2) is 11.5 Å². The first-order valence-corrected chi connectivity index (χ1v) is 6.48. The summed E-state index contributed by atoms with van der Waals surface area (Å²) in [5.74, 6) is 1.28. The van der Waals surface area contributed by atoms with Gasteiger partial charge >= 0.3 is 0 Å². The van der Waals surface area contributed by atoms with Crippen LogP contribution in [0.5, 0.6) is 11.5 Å². The molecular weight excluding hydrogens is 252 g/mol. The zero-order valence-electron chi connectivity index (χ0n) is 11.4. The molecule has 0 aliphatic carbocycles. The average Bonchev–Trinajstić information content (AvgIpc) is 2.47. The summed E-state index contributed by atoms with van der Waals surface area (Å²) in [6, 6.07) is 15.2. The zero-order valence-corrected chi connectivity index (χ0v) is 11.4. The number of rotatable bonds is 6. The van der Waals surface area contributed by atoms with Crippen molar-refractivity contribution >= 4 is 5.84 Å². The smallest absolute Gasteiger partial charge is 0.161 e. The molecule has 0 saturated heterocycles. The van der Waals surface area contributed by atoms with Crippen LogP contribution >= 0.6 is 0 Å². The van der Waals surface area contributed by atoms with Gasteiger partial charge in [0, 0.05) is 5.56 Å². The van der Waals surface area contributed by atoms with Gasteiger partial charge in [-0.2, -0.15) is 0 Å². The van der Waals surface area contributed by atoms with E-state index in [0.29, 0.717) is 30.3 Å². The molecule has 0 aliphatic heterocycles. The maximum atomic E-state index is 7.45. The largest absolute Gasteiger partial charge is 0.490 e. The van der Waals surface area contributed by atoms with E-state index in [9.17, 15) is 0 Å². The Morgan fingerprint density at radius 2 is 1.80 bits per heavy atom. The predicted molar refractivity (Wildman–Crippen MR) is 79.4 cm³/mol. The lowest BCUT2D eigenvalue weighted by atomic mass is 10.2. The molecule has 2 rings (SSSR count). The highest BCUT2D eigenvalue weighted by molar-refractivity contribution is 5.95. The van der Waals surface area contributed by atoms with Crippen LogP contribution in [0.1, 0.15) is 18.1 Å². The molecule has 0 heterocycles. The number of hydrogen-bond donors (Lipinski definition) is 2. The Kier molecular flexibility index (Phi) is 4.60. The van der Waals surface area contributed by atoms with Crippen molar-refractivity contribution in [3.05, 3.63) is 59.7 Å². The fourth-order valence-electron chi connectivity index (χ4n) is 1.80. The predicted octanol–water partition coefficient (Wildman–Crippen LogP) is 2.95. The number of amidine groups is 1. The second-order valence-corrected chi connectivity index (χ2v) is 4.28. The standard InChI is InChI=1S/C16H18N2O2/c1-2-19-15-10-13(16(17)18)8-9-14(15)20-11-12-6-4-3-5-7-12/h3-10H,2,11H2,1H3,(H3,17,18). The Bertz CT molecular complexity index is 582. The first-order valence-electron chi connectivity index (χ1n) is 6.48. The highest BCUT2D eigenvalue weighted by atomic mass is 16.5. The van der Waals surface area contributed by atoms with Gasteiger partial charge in [-0.3, -0.25) is 5.41 Å². The van der Waals surface area contributed by atoms with E-state index in [1.807, 2.05) is 37.3 Å². The van der Waals surface area contributed by atoms with Crippen LogP contribution in [0.4, 0.5) is 0 Å². The molecule has 0 spiro atoms. The van der Waals surface area contributed by atoms with E-state index < -0.39 is 0 Å². The molecule has 20 heavy (non-hydrogen) atoms. The first kappa shape index (κ1) is 13.9. The molecule has 0 radical (unpaired) electrons. The Morgan fingerprint density at radius 1 is 1.05 bits per heavy atom. The van der Waals surface area contributed by atoms with Gasteiger partial charge in [0.1, 0.15) is 12.4 Å². The number of nitrogen functional groups attached to an aromatic ring is 1. The van der Waals surface area contributed by atoms with Gasteiger partial charge in [-0.15, -0.1) is 0 Å². The summed E-state index contributed by atoms with van der Waals surface area (Å²) in [7, 11) is 0. The SMILES string of the molecule is CCOc1cc(C(=N)N)ccc1OCc1ccccc1. The van der Waals surface area contributed by atoms with E-state index in [4.69, 9.17) is 20.6 Å². The second-order valence-electron chi connectivity index (χ2n) is 4.28.